The molecule has 2 fully saturated rings. The van der Waals surface area contributed by atoms with Crippen LogP contribution in [0.25, 0.3) is 0 Å². The first-order valence-electron chi connectivity index (χ1n) is 11.4. The minimum atomic E-state index is -3.44. The SMILES string of the molecule is C[C@H](C1CCN(C)CC1)S(=O)(=O)N[C@H]1CC=CC[C@H](NC(=O)c2cc(C3CC3)on2)C1. The number of nitrogens with zero attached hydrogens (tertiary/aromatic N) is 2. The zero-order chi connectivity index (χ0) is 22.0. The fraction of sp³-hybridized carbons (Fsp3) is 0.727. The van der Waals surface area contributed by atoms with Gasteiger partial charge in [-0.05, 0) is 77.9 Å². The average Bonchev–Trinajstić information content (AvgIpc) is 3.50. The first-order chi connectivity index (χ1) is 14.8. The first-order valence-corrected chi connectivity index (χ1v) is 13.0. The van der Waals surface area contributed by atoms with Crippen LogP contribution in [-0.4, -0.2) is 61.9 Å². The number of hydrogen-bond donors (Lipinski definition) is 2. The van der Waals surface area contributed by atoms with Crippen molar-refractivity contribution in [2.75, 3.05) is 20.1 Å². The minimum Gasteiger partial charge on any atom is -0.360 e. The van der Waals surface area contributed by atoms with Crippen molar-refractivity contribution >= 4 is 15.9 Å². The van der Waals surface area contributed by atoms with Gasteiger partial charge in [0.1, 0.15) is 5.76 Å². The van der Waals surface area contributed by atoms with Crippen LogP contribution < -0.4 is 10.0 Å². The zero-order valence-corrected chi connectivity index (χ0v) is 19.2. The molecule has 9 heteroatoms. The molecule has 1 aliphatic heterocycles. The number of piperidine rings is 1. The highest BCUT2D eigenvalue weighted by atomic mass is 32.2. The number of rotatable bonds is 7. The summed E-state index contributed by atoms with van der Waals surface area (Å²) in [6.45, 7) is 3.71. The molecule has 1 saturated carbocycles. The number of likely N-dealkylation sites (tertiary alicyclic amines) is 1. The van der Waals surface area contributed by atoms with Gasteiger partial charge in [-0.25, -0.2) is 13.1 Å². The molecular formula is C22H34N4O4S. The van der Waals surface area contributed by atoms with Gasteiger partial charge >= 0.3 is 0 Å². The van der Waals surface area contributed by atoms with Crippen molar-refractivity contribution in [3.63, 3.8) is 0 Å². The highest BCUT2D eigenvalue weighted by molar-refractivity contribution is 7.90. The molecule has 3 aliphatic rings. The van der Waals surface area contributed by atoms with Gasteiger partial charge in [0.05, 0.1) is 5.25 Å². The number of aromatic nitrogens is 1. The molecule has 0 spiro atoms. The van der Waals surface area contributed by atoms with E-state index >= 15 is 0 Å². The van der Waals surface area contributed by atoms with Crippen LogP contribution in [0.1, 0.15) is 74.0 Å². The van der Waals surface area contributed by atoms with Gasteiger partial charge in [-0.3, -0.25) is 4.79 Å². The van der Waals surface area contributed by atoms with Crippen LogP contribution in [0.2, 0.25) is 0 Å². The van der Waals surface area contributed by atoms with Gasteiger partial charge in [-0.2, -0.15) is 0 Å². The zero-order valence-electron chi connectivity index (χ0n) is 18.4. The number of hydrogen-bond acceptors (Lipinski definition) is 6. The van der Waals surface area contributed by atoms with Crippen molar-refractivity contribution in [3.8, 4) is 0 Å². The Balaban J connectivity index is 1.34. The predicted octanol–water partition coefficient (Wildman–Crippen LogP) is 2.41. The van der Waals surface area contributed by atoms with Crippen molar-refractivity contribution in [1.82, 2.24) is 20.1 Å². The second kappa shape index (κ2) is 9.42. The van der Waals surface area contributed by atoms with Crippen molar-refractivity contribution in [2.24, 2.45) is 5.92 Å². The van der Waals surface area contributed by atoms with Gasteiger partial charge < -0.3 is 14.7 Å². The summed E-state index contributed by atoms with van der Waals surface area (Å²) in [7, 11) is -1.36. The lowest BCUT2D eigenvalue weighted by molar-refractivity contribution is 0.0925. The maximum atomic E-state index is 13.1. The Hall–Kier alpha value is -1.71. The third kappa shape index (κ3) is 5.75. The third-order valence-corrected chi connectivity index (χ3v) is 8.93. The lowest BCUT2D eigenvalue weighted by Gasteiger charge is -2.33. The van der Waals surface area contributed by atoms with Crippen molar-refractivity contribution in [2.45, 2.75) is 75.1 Å². The van der Waals surface area contributed by atoms with E-state index in [1.165, 1.54) is 0 Å². The van der Waals surface area contributed by atoms with Gasteiger partial charge in [0.15, 0.2) is 5.69 Å². The van der Waals surface area contributed by atoms with Crippen LogP contribution in [0.5, 0.6) is 0 Å². The topological polar surface area (TPSA) is 105 Å². The molecule has 2 heterocycles. The van der Waals surface area contributed by atoms with Gasteiger partial charge in [0.25, 0.3) is 5.91 Å². The van der Waals surface area contributed by atoms with Gasteiger partial charge in [-0.1, -0.05) is 17.3 Å². The van der Waals surface area contributed by atoms with E-state index in [1.807, 2.05) is 19.1 Å². The molecule has 0 radical (unpaired) electrons. The van der Waals surface area contributed by atoms with Crippen LogP contribution in [-0.2, 0) is 10.0 Å². The molecule has 8 nitrogen and oxygen atoms in total. The van der Waals surface area contributed by atoms with Gasteiger partial charge in [0.2, 0.25) is 10.0 Å². The molecule has 4 rings (SSSR count). The van der Waals surface area contributed by atoms with E-state index < -0.39 is 15.3 Å². The quantitative estimate of drug-likeness (QED) is 0.618. The normalized spacial score (nSPS) is 27.0. The summed E-state index contributed by atoms with van der Waals surface area (Å²) in [5, 5.41) is 6.49. The third-order valence-electron chi connectivity index (χ3n) is 6.90. The lowest BCUT2D eigenvalue weighted by atomic mass is 9.94. The monoisotopic (exact) mass is 450 g/mol. The number of nitrogens with one attached hydrogen (secondary N) is 2. The van der Waals surface area contributed by atoms with Crippen molar-refractivity contribution in [1.29, 1.82) is 0 Å². The highest BCUT2D eigenvalue weighted by Gasteiger charge is 2.34. The molecule has 0 aromatic carbocycles. The summed E-state index contributed by atoms with van der Waals surface area (Å²) in [6, 6.07) is 1.34. The Kier molecular flexibility index (Phi) is 6.83. The Morgan fingerprint density at radius 1 is 1.16 bits per heavy atom. The Morgan fingerprint density at radius 3 is 2.52 bits per heavy atom. The molecular weight excluding hydrogens is 416 g/mol. The van der Waals surface area contributed by atoms with Crippen LogP contribution in [0.4, 0.5) is 0 Å². The molecule has 1 aromatic rings. The second-order valence-electron chi connectivity index (χ2n) is 9.44. The molecule has 1 amide bonds. The Bertz CT molecular complexity index is 900. The molecule has 2 N–H and O–H groups in total. The average molecular weight is 451 g/mol. The maximum Gasteiger partial charge on any atom is 0.273 e. The molecule has 1 saturated heterocycles. The van der Waals surface area contributed by atoms with Crippen LogP contribution in [0.15, 0.2) is 22.7 Å². The summed E-state index contributed by atoms with van der Waals surface area (Å²) in [5.41, 5.74) is 0.295. The summed E-state index contributed by atoms with van der Waals surface area (Å²) >= 11 is 0. The summed E-state index contributed by atoms with van der Waals surface area (Å²) in [4.78, 5) is 14.9. The van der Waals surface area contributed by atoms with Gasteiger partial charge in [0, 0.05) is 24.1 Å². The van der Waals surface area contributed by atoms with E-state index in [-0.39, 0.29) is 23.9 Å². The number of carbonyl (C=O) groups excluding carboxylic acids is 1. The molecule has 2 aliphatic carbocycles. The Morgan fingerprint density at radius 2 is 1.84 bits per heavy atom. The Labute approximate surface area is 184 Å². The number of sulfonamides is 1. The van der Waals surface area contributed by atoms with Crippen molar-refractivity contribution in [3.05, 3.63) is 29.7 Å². The number of carbonyl (C=O) groups is 1. The van der Waals surface area contributed by atoms with Crippen LogP contribution >= 0.6 is 0 Å². The standard InChI is InChI=1S/C22H34N4O4S/c1-15(16-9-11-26(2)12-10-16)31(28,29)25-19-6-4-3-5-18(13-19)23-22(27)20-14-21(30-24-20)17-7-8-17/h3-4,14-19,25H,5-13H2,1-2H3,(H,23,27)/t15-,18+,19+/m1/s1. The largest absolute Gasteiger partial charge is 0.360 e. The smallest absolute Gasteiger partial charge is 0.273 e. The van der Waals surface area contributed by atoms with E-state index in [1.54, 1.807) is 6.07 Å². The molecule has 0 bridgehead atoms. The van der Waals surface area contributed by atoms with E-state index in [0.29, 0.717) is 30.9 Å². The second-order valence-corrected chi connectivity index (χ2v) is 11.5. The summed E-state index contributed by atoms with van der Waals surface area (Å²) in [6.07, 6.45) is 9.83. The van der Waals surface area contributed by atoms with E-state index in [0.717, 1.165) is 44.5 Å². The summed E-state index contributed by atoms with van der Waals surface area (Å²) in [5.74, 6) is 1.09. The lowest BCUT2D eigenvalue weighted by Crippen LogP contribution is -2.47. The van der Waals surface area contributed by atoms with Crippen molar-refractivity contribution < 1.29 is 17.7 Å². The minimum absolute atomic E-state index is 0.154. The summed E-state index contributed by atoms with van der Waals surface area (Å²) < 4.78 is 34.3. The van der Waals surface area contributed by atoms with E-state index in [2.05, 4.69) is 27.1 Å². The highest BCUT2D eigenvalue weighted by Crippen LogP contribution is 2.40. The molecule has 1 aromatic heterocycles. The van der Waals surface area contributed by atoms with E-state index in [9.17, 15) is 13.2 Å². The fourth-order valence-electron chi connectivity index (χ4n) is 4.58. The maximum absolute atomic E-state index is 13.1. The molecule has 0 unspecified atom stereocenters. The predicted molar refractivity (Wildman–Crippen MR) is 118 cm³/mol. The molecule has 31 heavy (non-hydrogen) atoms. The van der Waals surface area contributed by atoms with Gasteiger partial charge in [-0.15, -0.1) is 0 Å². The van der Waals surface area contributed by atoms with Crippen LogP contribution in [0.3, 0.4) is 0 Å². The molecule has 3 atom stereocenters. The van der Waals surface area contributed by atoms with E-state index in [4.69, 9.17) is 4.52 Å². The number of amides is 1. The van der Waals surface area contributed by atoms with Crippen LogP contribution in [0, 0.1) is 5.92 Å². The fourth-order valence-corrected chi connectivity index (χ4v) is 6.23. The molecule has 172 valence electrons. The first kappa shape index (κ1) is 22.5.